The molecule has 0 saturated carbocycles. The highest BCUT2D eigenvalue weighted by atomic mass is 16.5. The molecular weight excluding hydrogens is 278 g/mol. The van der Waals surface area contributed by atoms with Crippen LogP contribution in [0.2, 0.25) is 0 Å². The highest BCUT2D eigenvalue weighted by molar-refractivity contribution is 5.77. The fraction of sp³-hybridized carbons (Fsp3) is 0.353. The summed E-state index contributed by atoms with van der Waals surface area (Å²) in [5.41, 5.74) is 2.06. The Kier molecular flexibility index (Phi) is 4.32. The van der Waals surface area contributed by atoms with Crippen LogP contribution in [0.3, 0.4) is 0 Å². The molecule has 1 fully saturated rings. The minimum atomic E-state index is 0.100. The lowest BCUT2D eigenvalue weighted by molar-refractivity contribution is -0.139. The molecule has 22 heavy (non-hydrogen) atoms. The van der Waals surface area contributed by atoms with E-state index in [0.717, 1.165) is 11.4 Å². The lowest BCUT2D eigenvalue weighted by atomic mass is 10.1. The van der Waals surface area contributed by atoms with E-state index in [0.29, 0.717) is 25.9 Å². The van der Waals surface area contributed by atoms with Gasteiger partial charge in [-0.25, -0.2) is 0 Å². The van der Waals surface area contributed by atoms with Crippen molar-refractivity contribution in [2.75, 3.05) is 13.1 Å². The average molecular weight is 297 g/mol. The van der Waals surface area contributed by atoms with Gasteiger partial charge in [0.25, 0.3) is 0 Å². The third kappa shape index (κ3) is 3.61. The highest BCUT2D eigenvalue weighted by Crippen LogP contribution is 2.19. The highest BCUT2D eigenvalue weighted by Gasteiger charge is 2.31. The topological polar surface area (TPSA) is 55.3 Å². The van der Waals surface area contributed by atoms with E-state index in [1.54, 1.807) is 18.6 Å². The number of rotatable bonds is 5. The number of aryl methyl sites for hydroxylation is 2. The van der Waals surface area contributed by atoms with Gasteiger partial charge in [-0.1, -0.05) is 17.7 Å². The summed E-state index contributed by atoms with van der Waals surface area (Å²) < 4.78 is 5.83. The summed E-state index contributed by atoms with van der Waals surface area (Å²) in [6.45, 7) is 3.37. The van der Waals surface area contributed by atoms with Gasteiger partial charge in [0.1, 0.15) is 11.9 Å². The maximum atomic E-state index is 12.1. The predicted molar refractivity (Wildman–Crippen MR) is 82.5 cm³/mol. The third-order valence-electron chi connectivity index (χ3n) is 3.74. The lowest BCUT2D eigenvalue weighted by Crippen LogP contribution is -2.56. The molecule has 5 nitrogen and oxygen atoms in total. The summed E-state index contributed by atoms with van der Waals surface area (Å²) in [4.78, 5) is 22.1. The fourth-order valence-electron chi connectivity index (χ4n) is 2.38. The molecule has 0 unspecified atom stereocenters. The maximum Gasteiger partial charge on any atom is 0.223 e. The zero-order valence-electron chi connectivity index (χ0n) is 12.6. The van der Waals surface area contributed by atoms with E-state index < -0.39 is 0 Å². The SMILES string of the molecule is Cc1ccc(OC2CN(C(=O)CCc3cnccn3)C2)cc1. The normalized spacial score (nSPS) is 14.5. The standard InChI is InChI=1S/C17H19N3O2/c1-13-2-5-15(6-3-13)22-16-11-20(12-16)17(21)7-4-14-10-18-8-9-19-14/h2-3,5-6,8-10,16H,4,7,11-12H2,1H3. The van der Waals surface area contributed by atoms with Gasteiger partial charge in [0.2, 0.25) is 5.91 Å². The number of hydrogen-bond acceptors (Lipinski definition) is 4. The smallest absolute Gasteiger partial charge is 0.223 e. The molecule has 0 N–H and O–H groups in total. The van der Waals surface area contributed by atoms with Gasteiger partial charge in [-0.15, -0.1) is 0 Å². The molecule has 2 heterocycles. The molecule has 1 aliphatic rings. The Balaban J connectivity index is 1.41. The van der Waals surface area contributed by atoms with E-state index in [4.69, 9.17) is 4.74 Å². The van der Waals surface area contributed by atoms with Crippen LogP contribution in [0.4, 0.5) is 0 Å². The van der Waals surface area contributed by atoms with Crippen LogP contribution in [-0.4, -0.2) is 40.0 Å². The molecule has 3 rings (SSSR count). The summed E-state index contributed by atoms with van der Waals surface area (Å²) in [6.07, 6.45) is 6.18. The van der Waals surface area contributed by atoms with Gasteiger partial charge in [0.05, 0.1) is 18.8 Å². The number of nitrogens with zero attached hydrogens (tertiary/aromatic N) is 3. The lowest BCUT2D eigenvalue weighted by Gasteiger charge is -2.39. The first kappa shape index (κ1) is 14.5. The van der Waals surface area contributed by atoms with Crippen LogP contribution < -0.4 is 4.74 Å². The van der Waals surface area contributed by atoms with E-state index in [1.807, 2.05) is 36.1 Å². The number of carbonyl (C=O) groups excluding carboxylic acids is 1. The summed E-state index contributed by atoms with van der Waals surface area (Å²) in [6, 6.07) is 7.98. The minimum absolute atomic E-state index is 0.100. The minimum Gasteiger partial charge on any atom is -0.487 e. The van der Waals surface area contributed by atoms with Crippen LogP contribution >= 0.6 is 0 Å². The van der Waals surface area contributed by atoms with Crippen molar-refractivity contribution in [3.05, 3.63) is 54.1 Å². The molecule has 5 heteroatoms. The molecule has 114 valence electrons. The van der Waals surface area contributed by atoms with Crippen LogP contribution in [0.5, 0.6) is 5.75 Å². The number of carbonyl (C=O) groups is 1. The number of benzene rings is 1. The number of ether oxygens (including phenoxy) is 1. The van der Waals surface area contributed by atoms with Crippen LogP contribution in [0.1, 0.15) is 17.7 Å². The number of hydrogen-bond donors (Lipinski definition) is 0. The zero-order chi connectivity index (χ0) is 15.4. The summed E-state index contributed by atoms with van der Waals surface area (Å²) in [7, 11) is 0. The average Bonchev–Trinajstić information content (AvgIpc) is 2.51. The molecule has 1 aromatic heterocycles. The predicted octanol–water partition coefficient (Wildman–Crippen LogP) is 2.01. The van der Waals surface area contributed by atoms with E-state index in [-0.39, 0.29) is 12.0 Å². The van der Waals surface area contributed by atoms with Crippen molar-refractivity contribution >= 4 is 5.91 Å². The van der Waals surface area contributed by atoms with Crippen molar-refractivity contribution in [2.24, 2.45) is 0 Å². The van der Waals surface area contributed by atoms with E-state index in [9.17, 15) is 4.79 Å². The Labute approximate surface area is 130 Å². The van der Waals surface area contributed by atoms with E-state index in [2.05, 4.69) is 9.97 Å². The van der Waals surface area contributed by atoms with Gasteiger partial charge < -0.3 is 9.64 Å². The van der Waals surface area contributed by atoms with E-state index in [1.165, 1.54) is 5.56 Å². The maximum absolute atomic E-state index is 12.1. The van der Waals surface area contributed by atoms with Gasteiger partial charge >= 0.3 is 0 Å². The van der Waals surface area contributed by atoms with Gasteiger partial charge in [-0.05, 0) is 25.5 Å². The molecule has 1 aliphatic heterocycles. The van der Waals surface area contributed by atoms with Gasteiger partial charge in [0, 0.05) is 25.0 Å². The number of amides is 1. The second-order valence-electron chi connectivity index (χ2n) is 5.55. The monoisotopic (exact) mass is 297 g/mol. The Bertz CT molecular complexity index is 622. The van der Waals surface area contributed by atoms with Crippen LogP contribution in [0.15, 0.2) is 42.9 Å². The Morgan fingerprint density at radius 3 is 2.73 bits per heavy atom. The van der Waals surface area contributed by atoms with Crippen molar-refractivity contribution in [3.8, 4) is 5.75 Å². The van der Waals surface area contributed by atoms with Crippen LogP contribution in [-0.2, 0) is 11.2 Å². The van der Waals surface area contributed by atoms with Gasteiger partial charge in [-0.2, -0.15) is 0 Å². The van der Waals surface area contributed by atoms with Crippen LogP contribution in [0.25, 0.3) is 0 Å². The molecule has 1 aromatic carbocycles. The first-order valence-electron chi connectivity index (χ1n) is 7.47. The van der Waals surface area contributed by atoms with Gasteiger partial charge in [0.15, 0.2) is 0 Å². The quantitative estimate of drug-likeness (QED) is 0.847. The molecule has 2 aromatic rings. The molecule has 0 spiro atoms. The Morgan fingerprint density at radius 2 is 2.05 bits per heavy atom. The largest absolute Gasteiger partial charge is 0.487 e. The second-order valence-corrected chi connectivity index (χ2v) is 5.55. The van der Waals surface area contributed by atoms with Crippen molar-refractivity contribution < 1.29 is 9.53 Å². The summed E-state index contributed by atoms with van der Waals surface area (Å²) >= 11 is 0. The summed E-state index contributed by atoms with van der Waals surface area (Å²) in [5.74, 6) is 1.01. The third-order valence-corrected chi connectivity index (χ3v) is 3.74. The Morgan fingerprint density at radius 1 is 1.27 bits per heavy atom. The zero-order valence-corrected chi connectivity index (χ0v) is 12.6. The molecule has 0 aliphatic carbocycles. The Hall–Kier alpha value is -2.43. The first-order valence-corrected chi connectivity index (χ1v) is 7.47. The van der Waals surface area contributed by atoms with Gasteiger partial charge in [-0.3, -0.25) is 14.8 Å². The molecule has 0 atom stereocenters. The number of likely N-dealkylation sites (tertiary alicyclic amines) is 1. The molecule has 0 bridgehead atoms. The molecule has 1 amide bonds. The van der Waals surface area contributed by atoms with E-state index >= 15 is 0 Å². The second kappa shape index (κ2) is 6.56. The fourth-order valence-corrected chi connectivity index (χ4v) is 2.38. The van der Waals surface area contributed by atoms with Crippen molar-refractivity contribution in [1.82, 2.24) is 14.9 Å². The molecular formula is C17H19N3O2. The van der Waals surface area contributed by atoms with Crippen molar-refractivity contribution in [2.45, 2.75) is 25.9 Å². The molecule has 0 radical (unpaired) electrons. The number of aromatic nitrogens is 2. The first-order chi connectivity index (χ1) is 10.7. The molecule has 1 saturated heterocycles. The van der Waals surface area contributed by atoms with Crippen LogP contribution in [0, 0.1) is 6.92 Å². The summed E-state index contributed by atoms with van der Waals surface area (Å²) in [5, 5.41) is 0. The van der Waals surface area contributed by atoms with Crippen molar-refractivity contribution in [3.63, 3.8) is 0 Å². The van der Waals surface area contributed by atoms with Crippen molar-refractivity contribution in [1.29, 1.82) is 0 Å².